The van der Waals surface area contributed by atoms with Crippen molar-refractivity contribution in [1.29, 1.82) is 0 Å². The summed E-state index contributed by atoms with van der Waals surface area (Å²) in [4.78, 5) is 16.7. The van der Waals surface area contributed by atoms with Gasteiger partial charge in [-0.05, 0) is 25.0 Å². The molecular formula is C19H23Cl2N5O6S2. The number of hydrogen-bond acceptors (Lipinski definition) is 9. The Balaban J connectivity index is 1.43. The number of halogens is 2. The molecule has 2 saturated heterocycles. The van der Waals surface area contributed by atoms with Crippen molar-refractivity contribution in [3.63, 3.8) is 0 Å². The fourth-order valence-corrected chi connectivity index (χ4v) is 7.05. The van der Waals surface area contributed by atoms with Crippen LogP contribution in [0.1, 0.15) is 18.9 Å². The molecule has 0 amide bonds. The molecule has 4 heterocycles. The van der Waals surface area contributed by atoms with Gasteiger partial charge in [-0.1, -0.05) is 29.3 Å². The molecule has 15 heteroatoms. The Kier molecular flexibility index (Phi) is 7.50. The standard InChI is InChI=1S/C19H23Cl2N5O6S2/c20-16-2-1-3-17(24-16)34(30,31)25-6-4-13(5-7-25)26-19(27)18(21)15(11-23-26)22-10-14-12-32-8-9-33(14,28)29/h1-3,11,13-14,22H,4-10,12H2/t14-/m1/s1. The lowest BCUT2D eigenvalue weighted by molar-refractivity contribution is 0.140. The summed E-state index contributed by atoms with van der Waals surface area (Å²) in [6.45, 7) is 0.635. The number of ether oxygens (including phenoxy) is 1. The Bertz CT molecular complexity index is 1330. The largest absolute Gasteiger partial charge is 0.381 e. The highest BCUT2D eigenvalue weighted by Gasteiger charge is 2.33. The van der Waals surface area contributed by atoms with E-state index in [0.717, 1.165) is 0 Å². The zero-order valence-electron chi connectivity index (χ0n) is 17.9. The molecule has 2 aliphatic heterocycles. The smallest absolute Gasteiger partial charge is 0.287 e. The minimum absolute atomic E-state index is 0.0426. The maximum Gasteiger partial charge on any atom is 0.287 e. The van der Waals surface area contributed by atoms with Gasteiger partial charge < -0.3 is 10.1 Å². The van der Waals surface area contributed by atoms with E-state index in [-0.39, 0.29) is 65.5 Å². The van der Waals surface area contributed by atoms with Crippen molar-refractivity contribution in [1.82, 2.24) is 19.1 Å². The van der Waals surface area contributed by atoms with Crippen molar-refractivity contribution in [2.75, 3.05) is 43.9 Å². The molecule has 2 fully saturated rings. The Hall–Kier alpha value is -1.77. The number of hydrogen-bond donors (Lipinski definition) is 1. The van der Waals surface area contributed by atoms with Crippen molar-refractivity contribution in [3.05, 3.63) is 44.9 Å². The van der Waals surface area contributed by atoms with Crippen molar-refractivity contribution in [2.24, 2.45) is 0 Å². The number of nitrogens with zero attached hydrogens (tertiary/aromatic N) is 4. The van der Waals surface area contributed by atoms with E-state index in [2.05, 4.69) is 15.4 Å². The molecule has 0 aliphatic carbocycles. The number of pyridine rings is 1. The molecule has 1 N–H and O–H groups in total. The first kappa shape index (κ1) is 25.3. The van der Waals surface area contributed by atoms with Crippen LogP contribution < -0.4 is 10.9 Å². The number of anilines is 1. The van der Waals surface area contributed by atoms with E-state index in [0.29, 0.717) is 12.8 Å². The summed E-state index contributed by atoms with van der Waals surface area (Å²) in [7, 11) is -7.09. The predicted octanol–water partition coefficient (Wildman–Crippen LogP) is 1.20. The average Bonchev–Trinajstić information content (AvgIpc) is 2.81. The second kappa shape index (κ2) is 10.1. The topological polar surface area (TPSA) is 141 Å². The molecule has 11 nitrogen and oxygen atoms in total. The van der Waals surface area contributed by atoms with Gasteiger partial charge in [0.1, 0.15) is 15.4 Å². The van der Waals surface area contributed by atoms with Crippen molar-refractivity contribution in [3.8, 4) is 0 Å². The highest BCUT2D eigenvalue weighted by molar-refractivity contribution is 7.92. The predicted molar refractivity (Wildman–Crippen MR) is 127 cm³/mol. The Morgan fingerprint density at radius 2 is 1.94 bits per heavy atom. The van der Waals surface area contributed by atoms with Gasteiger partial charge in [0, 0.05) is 19.6 Å². The van der Waals surface area contributed by atoms with Crippen LogP contribution in [0, 0.1) is 0 Å². The van der Waals surface area contributed by atoms with Crippen LogP contribution in [0.4, 0.5) is 5.69 Å². The Labute approximate surface area is 207 Å². The lowest BCUT2D eigenvalue weighted by atomic mass is 10.1. The Morgan fingerprint density at radius 3 is 2.62 bits per heavy atom. The minimum Gasteiger partial charge on any atom is -0.381 e. The molecule has 0 saturated carbocycles. The van der Waals surface area contributed by atoms with Crippen molar-refractivity contribution >= 4 is 48.7 Å². The normalized spacial score (nSPS) is 21.9. The average molecular weight is 552 g/mol. The van der Waals surface area contributed by atoms with Crippen LogP contribution in [-0.2, 0) is 24.6 Å². The summed E-state index contributed by atoms with van der Waals surface area (Å²) >= 11 is 12.1. The third-order valence-electron chi connectivity index (χ3n) is 5.85. The maximum atomic E-state index is 12.8. The summed E-state index contributed by atoms with van der Waals surface area (Å²) in [5.41, 5.74) is -0.303. The number of sulfonamides is 1. The second-order valence-electron chi connectivity index (χ2n) is 8.00. The zero-order valence-corrected chi connectivity index (χ0v) is 21.1. The second-order valence-corrected chi connectivity index (χ2v) is 13.1. The first-order valence-corrected chi connectivity index (χ1v) is 14.4. The van der Waals surface area contributed by atoms with E-state index in [4.69, 9.17) is 27.9 Å². The van der Waals surface area contributed by atoms with Gasteiger partial charge in [0.05, 0.1) is 36.9 Å². The molecule has 0 spiro atoms. The number of piperidine rings is 1. The van der Waals surface area contributed by atoms with E-state index < -0.39 is 30.7 Å². The molecule has 2 aromatic rings. The molecule has 2 aliphatic rings. The van der Waals surface area contributed by atoms with E-state index in [9.17, 15) is 21.6 Å². The monoisotopic (exact) mass is 551 g/mol. The summed E-state index contributed by atoms with van der Waals surface area (Å²) in [5.74, 6) is -0.0469. The minimum atomic E-state index is -3.81. The Morgan fingerprint density at radius 1 is 1.21 bits per heavy atom. The van der Waals surface area contributed by atoms with Gasteiger partial charge in [0.15, 0.2) is 14.9 Å². The van der Waals surface area contributed by atoms with Gasteiger partial charge in [-0.25, -0.2) is 26.5 Å². The quantitative estimate of drug-likeness (QED) is 0.524. The van der Waals surface area contributed by atoms with Crippen LogP contribution in [0.15, 0.2) is 34.2 Å². The van der Waals surface area contributed by atoms with Crippen LogP contribution in [-0.4, -0.2) is 79.8 Å². The lowest BCUT2D eigenvalue weighted by Gasteiger charge is -2.31. The molecule has 0 bridgehead atoms. The summed E-state index contributed by atoms with van der Waals surface area (Å²) < 4.78 is 57.7. The van der Waals surface area contributed by atoms with E-state index in [1.165, 1.54) is 33.4 Å². The van der Waals surface area contributed by atoms with E-state index in [1.807, 2.05) is 0 Å². The molecule has 2 aromatic heterocycles. The highest BCUT2D eigenvalue weighted by atomic mass is 35.5. The lowest BCUT2D eigenvalue weighted by Crippen LogP contribution is -2.42. The van der Waals surface area contributed by atoms with Crippen molar-refractivity contribution in [2.45, 2.75) is 29.2 Å². The molecule has 34 heavy (non-hydrogen) atoms. The first-order valence-electron chi connectivity index (χ1n) is 10.5. The molecule has 0 aromatic carbocycles. The van der Waals surface area contributed by atoms with Gasteiger partial charge in [0.2, 0.25) is 0 Å². The van der Waals surface area contributed by atoms with Crippen LogP contribution >= 0.6 is 23.2 Å². The van der Waals surface area contributed by atoms with Gasteiger partial charge in [-0.2, -0.15) is 9.40 Å². The third kappa shape index (κ3) is 5.24. The van der Waals surface area contributed by atoms with Crippen LogP contribution in [0.2, 0.25) is 10.2 Å². The molecule has 4 rings (SSSR count). The van der Waals surface area contributed by atoms with Gasteiger partial charge >= 0.3 is 0 Å². The fourth-order valence-electron chi connectivity index (χ4n) is 3.89. The van der Waals surface area contributed by atoms with Gasteiger partial charge in [-0.3, -0.25) is 4.79 Å². The van der Waals surface area contributed by atoms with Gasteiger partial charge in [-0.15, -0.1) is 0 Å². The molecule has 1 atom stereocenters. The summed E-state index contributed by atoms with van der Waals surface area (Å²) in [6, 6.07) is 4.06. The highest BCUT2D eigenvalue weighted by Crippen LogP contribution is 2.27. The number of rotatable bonds is 6. The number of sulfone groups is 1. The molecule has 186 valence electrons. The van der Waals surface area contributed by atoms with Crippen LogP contribution in [0.25, 0.3) is 0 Å². The maximum absolute atomic E-state index is 12.8. The SMILES string of the molecule is O=c1c(Cl)c(NC[C@@H]2COCCS2(=O)=O)cnn1C1CCN(S(=O)(=O)c2cccc(Cl)n2)CC1. The third-order valence-corrected chi connectivity index (χ3v) is 10.3. The fraction of sp³-hybridized carbons (Fsp3) is 0.526. The first-order chi connectivity index (χ1) is 16.1. The summed E-state index contributed by atoms with van der Waals surface area (Å²) in [6.07, 6.45) is 2.08. The number of nitrogens with one attached hydrogen (secondary N) is 1. The molecular weight excluding hydrogens is 529 g/mol. The molecule has 0 radical (unpaired) electrons. The van der Waals surface area contributed by atoms with Gasteiger partial charge in [0.25, 0.3) is 15.6 Å². The number of aromatic nitrogens is 3. The van der Waals surface area contributed by atoms with E-state index in [1.54, 1.807) is 0 Å². The zero-order chi connectivity index (χ0) is 24.5. The van der Waals surface area contributed by atoms with Crippen molar-refractivity contribution < 1.29 is 21.6 Å². The summed E-state index contributed by atoms with van der Waals surface area (Å²) in [5, 5.41) is 6.20. The van der Waals surface area contributed by atoms with Crippen LogP contribution in [0.5, 0.6) is 0 Å². The van der Waals surface area contributed by atoms with Crippen LogP contribution in [0.3, 0.4) is 0 Å². The molecule has 0 unspecified atom stereocenters. The van der Waals surface area contributed by atoms with E-state index >= 15 is 0 Å².